The van der Waals surface area contributed by atoms with Crippen LogP contribution in [0.3, 0.4) is 0 Å². The molecule has 1 aromatic carbocycles. The SMILES string of the molecule is CNc1cc2nc3c(cnn13)C(=O)NCCOc1ccccc1N2. The van der Waals surface area contributed by atoms with Crippen molar-refractivity contribution in [2.75, 3.05) is 30.8 Å². The van der Waals surface area contributed by atoms with E-state index in [0.29, 0.717) is 35.9 Å². The van der Waals surface area contributed by atoms with Crippen molar-refractivity contribution in [3.8, 4) is 5.75 Å². The zero-order valence-electron chi connectivity index (χ0n) is 13.0. The molecule has 0 aliphatic carbocycles. The first-order valence-electron chi connectivity index (χ1n) is 7.60. The molecule has 0 saturated heterocycles. The van der Waals surface area contributed by atoms with Gasteiger partial charge >= 0.3 is 0 Å². The molecule has 4 rings (SSSR count). The Balaban J connectivity index is 1.91. The Morgan fingerprint density at radius 2 is 2.21 bits per heavy atom. The Hall–Kier alpha value is -3.29. The summed E-state index contributed by atoms with van der Waals surface area (Å²) in [6.45, 7) is 0.765. The van der Waals surface area contributed by atoms with Gasteiger partial charge in [-0.1, -0.05) is 12.1 Å². The molecule has 1 aliphatic heterocycles. The first kappa shape index (κ1) is 14.3. The fourth-order valence-corrected chi connectivity index (χ4v) is 2.62. The van der Waals surface area contributed by atoms with Crippen LogP contribution >= 0.6 is 0 Å². The van der Waals surface area contributed by atoms with Gasteiger partial charge in [-0.25, -0.2) is 4.98 Å². The van der Waals surface area contributed by atoms with E-state index in [1.54, 1.807) is 11.6 Å². The van der Waals surface area contributed by atoms with Gasteiger partial charge in [-0.05, 0) is 12.1 Å². The molecule has 0 fully saturated rings. The van der Waals surface area contributed by atoms with E-state index in [1.807, 2.05) is 30.3 Å². The number of nitrogens with zero attached hydrogens (tertiary/aromatic N) is 3. The number of hydrogen-bond donors (Lipinski definition) is 3. The van der Waals surface area contributed by atoms with E-state index >= 15 is 0 Å². The number of carbonyl (C=O) groups excluding carboxylic acids is 1. The number of nitrogens with one attached hydrogen (secondary N) is 3. The standard InChI is InChI=1S/C16H16N6O2/c1-17-14-8-13-20-11-4-2-3-5-12(11)24-7-6-18-16(23)10-9-19-22(14)15(10)21-13/h2-5,8-9,17H,6-7H2,1H3,(H,18,23)(H,20,21). The number of benzene rings is 1. The maximum absolute atomic E-state index is 12.4. The fourth-order valence-electron chi connectivity index (χ4n) is 2.62. The van der Waals surface area contributed by atoms with Crippen molar-refractivity contribution < 1.29 is 9.53 Å². The predicted octanol–water partition coefficient (Wildman–Crippen LogP) is 1.64. The monoisotopic (exact) mass is 324 g/mol. The normalized spacial score (nSPS) is 14.0. The number of amides is 1. The molecule has 0 atom stereocenters. The number of para-hydroxylation sites is 2. The van der Waals surface area contributed by atoms with Crippen molar-refractivity contribution >= 4 is 28.9 Å². The molecule has 3 aromatic rings. The third kappa shape index (κ3) is 2.37. The summed E-state index contributed by atoms with van der Waals surface area (Å²) in [5, 5.41) is 13.4. The average molecular weight is 324 g/mol. The highest BCUT2D eigenvalue weighted by molar-refractivity contribution is 6.00. The van der Waals surface area contributed by atoms with Gasteiger partial charge in [0.2, 0.25) is 0 Å². The van der Waals surface area contributed by atoms with Crippen LogP contribution in [0, 0.1) is 0 Å². The molecule has 0 unspecified atom stereocenters. The van der Waals surface area contributed by atoms with E-state index in [1.165, 1.54) is 6.20 Å². The summed E-state index contributed by atoms with van der Waals surface area (Å²) in [5.74, 6) is 1.79. The lowest BCUT2D eigenvalue weighted by molar-refractivity contribution is 0.0948. The lowest BCUT2D eigenvalue weighted by Crippen LogP contribution is -2.28. The molecule has 0 saturated carbocycles. The van der Waals surface area contributed by atoms with Gasteiger partial charge < -0.3 is 20.7 Å². The number of rotatable bonds is 1. The summed E-state index contributed by atoms with van der Waals surface area (Å²) in [6, 6.07) is 9.43. The predicted molar refractivity (Wildman–Crippen MR) is 90.1 cm³/mol. The van der Waals surface area contributed by atoms with Crippen molar-refractivity contribution in [1.29, 1.82) is 0 Å². The van der Waals surface area contributed by atoms with E-state index in [-0.39, 0.29) is 5.91 Å². The van der Waals surface area contributed by atoms with Gasteiger partial charge in [-0.2, -0.15) is 9.61 Å². The molecule has 1 amide bonds. The van der Waals surface area contributed by atoms with Crippen molar-refractivity contribution in [2.24, 2.45) is 0 Å². The summed E-state index contributed by atoms with van der Waals surface area (Å²) in [4.78, 5) is 16.9. The number of anilines is 3. The summed E-state index contributed by atoms with van der Waals surface area (Å²) in [7, 11) is 1.79. The molecule has 3 heterocycles. The summed E-state index contributed by atoms with van der Waals surface area (Å²) < 4.78 is 7.36. The lowest BCUT2D eigenvalue weighted by Gasteiger charge is -2.15. The van der Waals surface area contributed by atoms with Gasteiger partial charge in [-0.3, -0.25) is 4.79 Å². The van der Waals surface area contributed by atoms with Gasteiger partial charge in [0, 0.05) is 13.1 Å². The molecule has 2 bridgehead atoms. The van der Waals surface area contributed by atoms with Crippen molar-refractivity contribution in [3.63, 3.8) is 0 Å². The second kappa shape index (κ2) is 5.73. The van der Waals surface area contributed by atoms with Crippen LogP contribution in [-0.2, 0) is 0 Å². The summed E-state index contributed by atoms with van der Waals surface area (Å²) in [5.41, 5.74) is 1.72. The topological polar surface area (TPSA) is 92.6 Å². The quantitative estimate of drug-likeness (QED) is 0.630. The first-order chi connectivity index (χ1) is 11.8. The van der Waals surface area contributed by atoms with E-state index < -0.39 is 0 Å². The molecule has 3 N–H and O–H groups in total. The Kier molecular flexibility index (Phi) is 3.42. The molecule has 8 heteroatoms. The third-order valence-electron chi connectivity index (χ3n) is 3.77. The lowest BCUT2D eigenvalue weighted by atomic mass is 10.2. The number of aromatic nitrogens is 3. The average Bonchev–Trinajstić information content (AvgIpc) is 3.02. The Bertz CT molecular complexity index is 920. The molecule has 0 radical (unpaired) electrons. The van der Waals surface area contributed by atoms with Crippen LogP contribution in [0.5, 0.6) is 5.75 Å². The number of hydrogen-bond acceptors (Lipinski definition) is 6. The molecular formula is C16H16N6O2. The molecule has 24 heavy (non-hydrogen) atoms. The minimum absolute atomic E-state index is 0.228. The second-order valence-corrected chi connectivity index (χ2v) is 5.30. The van der Waals surface area contributed by atoms with Crippen LogP contribution < -0.4 is 20.7 Å². The minimum Gasteiger partial charge on any atom is -0.490 e. The van der Waals surface area contributed by atoms with Crippen LogP contribution in [0.25, 0.3) is 5.65 Å². The summed E-state index contributed by atoms with van der Waals surface area (Å²) in [6.07, 6.45) is 1.52. The van der Waals surface area contributed by atoms with Crippen molar-refractivity contribution in [2.45, 2.75) is 0 Å². The van der Waals surface area contributed by atoms with Gasteiger partial charge in [0.15, 0.2) is 5.65 Å². The zero-order chi connectivity index (χ0) is 16.5. The van der Waals surface area contributed by atoms with Gasteiger partial charge in [-0.15, -0.1) is 0 Å². The largest absolute Gasteiger partial charge is 0.490 e. The zero-order valence-corrected chi connectivity index (χ0v) is 13.0. The van der Waals surface area contributed by atoms with Crippen LogP contribution in [0.4, 0.5) is 17.3 Å². The fraction of sp³-hybridized carbons (Fsp3) is 0.188. The van der Waals surface area contributed by atoms with Crippen LogP contribution in [0.1, 0.15) is 10.4 Å². The number of ether oxygens (including phenoxy) is 1. The Morgan fingerprint density at radius 3 is 3.08 bits per heavy atom. The number of carbonyl (C=O) groups is 1. The highest BCUT2D eigenvalue weighted by Crippen LogP contribution is 2.28. The van der Waals surface area contributed by atoms with E-state index in [4.69, 9.17) is 4.74 Å². The molecular weight excluding hydrogens is 308 g/mol. The van der Waals surface area contributed by atoms with Crippen molar-refractivity contribution in [1.82, 2.24) is 19.9 Å². The highest BCUT2D eigenvalue weighted by Gasteiger charge is 2.18. The van der Waals surface area contributed by atoms with Crippen LogP contribution in [-0.4, -0.2) is 40.7 Å². The van der Waals surface area contributed by atoms with Gasteiger partial charge in [0.05, 0.1) is 18.4 Å². The maximum atomic E-state index is 12.4. The molecule has 122 valence electrons. The molecule has 8 nitrogen and oxygen atoms in total. The number of fused-ring (bicyclic) bond motifs is 2. The smallest absolute Gasteiger partial charge is 0.256 e. The van der Waals surface area contributed by atoms with E-state index in [9.17, 15) is 4.79 Å². The highest BCUT2D eigenvalue weighted by atomic mass is 16.5. The minimum atomic E-state index is -0.228. The summed E-state index contributed by atoms with van der Waals surface area (Å²) >= 11 is 0. The third-order valence-corrected chi connectivity index (χ3v) is 3.77. The molecule has 1 aliphatic rings. The van der Waals surface area contributed by atoms with Gasteiger partial charge in [0.1, 0.15) is 29.6 Å². The van der Waals surface area contributed by atoms with Crippen LogP contribution in [0.2, 0.25) is 0 Å². The maximum Gasteiger partial charge on any atom is 0.256 e. The Labute approximate surface area is 137 Å². The van der Waals surface area contributed by atoms with E-state index in [2.05, 4.69) is 26.0 Å². The van der Waals surface area contributed by atoms with E-state index in [0.717, 1.165) is 11.5 Å². The van der Waals surface area contributed by atoms with Gasteiger partial charge in [0.25, 0.3) is 5.91 Å². The van der Waals surface area contributed by atoms with Crippen molar-refractivity contribution in [3.05, 3.63) is 42.1 Å². The first-order valence-corrected chi connectivity index (χ1v) is 7.60. The molecule has 0 spiro atoms. The van der Waals surface area contributed by atoms with Crippen LogP contribution in [0.15, 0.2) is 36.5 Å². The molecule has 2 aromatic heterocycles. The Morgan fingerprint density at radius 1 is 1.33 bits per heavy atom. The second-order valence-electron chi connectivity index (χ2n) is 5.30.